The molecule has 0 N–H and O–H groups in total. The predicted molar refractivity (Wildman–Crippen MR) is 300 cm³/mol. The highest BCUT2D eigenvalue weighted by atomic mass is 15.2. The van der Waals surface area contributed by atoms with E-state index in [0.29, 0.717) is 17.6 Å². The molecule has 13 rings (SSSR count). The van der Waals surface area contributed by atoms with Crippen molar-refractivity contribution in [1.29, 1.82) is 0 Å². The minimum atomic E-state index is 0.00262. The molecule has 0 fully saturated rings. The van der Waals surface area contributed by atoms with Gasteiger partial charge in [-0.15, -0.1) is 0 Å². The van der Waals surface area contributed by atoms with Gasteiger partial charge >= 0.3 is 0 Å². The fraction of sp³-hybridized carbons (Fsp3) is 0.0597. The number of hydrogen-bond acceptors (Lipinski definition) is 3. The maximum absolute atomic E-state index is 5.51. The molecule has 0 saturated heterocycles. The Labute approximate surface area is 419 Å². The number of nitrogens with zero attached hydrogens (tertiary/aromatic N) is 5. The summed E-state index contributed by atoms with van der Waals surface area (Å²) in [6.07, 6.45) is 0. The van der Waals surface area contributed by atoms with Crippen LogP contribution in [0.1, 0.15) is 26.3 Å². The Morgan fingerprint density at radius 3 is 1.26 bits per heavy atom. The fourth-order valence-corrected chi connectivity index (χ4v) is 10.4. The SMILES string of the molecule is CC(C)(C)c1ccc2c(c1)c1ccccc1n2-c1ccccc1-c1nc(-c2ccccc2)nc(-n2c3ccc(-c4ccc(-c5ccccc5)cc4)cc3c3cc(-c4ccc(-c5ccccc5)cc4)ccc32)n1. The van der Waals surface area contributed by atoms with Crippen LogP contribution in [0, 0.1) is 0 Å². The van der Waals surface area contributed by atoms with Crippen LogP contribution in [-0.2, 0) is 5.41 Å². The summed E-state index contributed by atoms with van der Waals surface area (Å²) in [5.41, 5.74) is 17.7. The highest BCUT2D eigenvalue weighted by molar-refractivity contribution is 6.12. The average molecular weight is 924 g/mol. The molecule has 3 aromatic heterocycles. The zero-order valence-corrected chi connectivity index (χ0v) is 40.3. The molecule has 10 aromatic carbocycles. The molecule has 0 aliphatic carbocycles. The van der Waals surface area contributed by atoms with Gasteiger partial charge in [-0.3, -0.25) is 4.57 Å². The Hall–Kier alpha value is -9.19. The summed E-state index contributed by atoms with van der Waals surface area (Å²) in [5, 5.41) is 4.65. The fourth-order valence-electron chi connectivity index (χ4n) is 10.4. The highest BCUT2D eigenvalue weighted by Gasteiger charge is 2.23. The number of aromatic nitrogens is 5. The van der Waals surface area contributed by atoms with Gasteiger partial charge in [-0.1, -0.05) is 209 Å². The van der Waals surface area contributed by atoms with Crippen molar-refractivity contribution in [2.75, 3.05) is 0 Å². The van der Waals surface area contributed by atoms with Crippen molar-refractivity contribution in [3.63, 3.8) is 0 Å². The number of hydrogen-bond donors (Lipinski definition) is 0. The van der Waals surface area contributed by atoms with Gasteiger partial charge in [0.25, 0.3) is 0 Å². The van der Waals surface area contributed by atoms with E-state index >= 15 is 0 Å². The van der Waals surface area contributed by atoms with Gasteiger partial charge in [0.15, 0.2) is 11.6 Å². The van der Waals surface area contributed by atoms with Crippen molar-refractivity contribution in [2.45, 2.75) is 26.2 Å². The van der Waals surface area contributed by atoms with Gasteiger partial charge in [0.2, 0.25) is 5.95 Å². The average Bonchev–Trinajstić information content (AvgIpc) is 3.95. The van der Waals surface area contributed by atoms with Crippen molar-refractivity contribution in [2.24, 2.45) is 0 Å². The molecule has 0 amide bonds. The molecule has 0 aliphatic rings. The quantitative estimate of drug-likeness (QED) is 0.153. The molecule has 0 saturated carbocycles. The van der Waals surface area contributed by atoms with E-state index in [1.807, 2.05) is 18.2 Å². The molecule has 0 aliphatic heterocycles. The molecule has 0 atom stereocenters. The van der Waals surface area contributed by atoms with E-state index in [4.69, 9.17) is 15.0 Å². The summed E-state index contributed by atoms with van der Waals surface area (Å²) in [6.45, 7) is 6.82. The van der Waals surface area contributed by atoms with E-state index in [9.17, 15) is 0 Å². The second kappa shape index (κ2) is 17.3. The summed E-state index contributed by atoms with van der Waals surface area (Å²) in [5.74, 6) is 1.74. The first-order valence-electron chi connectivity index (χ1n) is 24.7. The summed E-state index contributed by atoms with van der Waals surface area (Å²) in [7, 11) is 0. The lowest BCUT2D eigenvalue weighted by Crippen LogP contribution is -2.10. The Bertz CT molecular complexity index is 4010. The van der Waals surface area contributed by atoms with Crippen LogP contribution in [0.2, 0.25) is 0 Å². The Morgan fingerprint density at radius 2 is 0.694 bits per heavy atom. The Balaban J connectivity index is 1.02. The van der Waals surface area contributed by atoms with Crippen LogP contribution >= 0.6 is 0 Å². The van der Waals surface area contributed by atoms with Crippen LogP contribution < -0.4 is 0 Å². The Kier molecular flexibility index (Phi) is 10.3. The van der Waals surface area contributed by atoms with E-state index < -0.39 is 0 Å². The molecule has 5 heteroatoms. The van der Waals surface area contributed by atoms with E-state index in [0.717, 1.165) is 71.9 Å². The van der Waals surface area contributed by atoms with Crippen LogP contribution in [-0.4, -0.2) is 24.1 Å². The summed E-state index contributed by atoms with van der Waals surface area (Å²) in [6, 6.07) is 86.8. The molecule has 0 unspecified atom stereocenters. The van der Waals surface area contributed by atoms with Gasteiger partial charge in [0.1, 0.15) is 0 Å². The minimum absolute atomic E-state index is 0.00262. The van der Waals surface area contributed by atoms with Gasteiger partial charge in [0, 0.05) is 32.7 Å². The maximum atomic E-state index is 5.51. The third kappa shape index (κ3) is 7.54. The van der Waals surface area contributed by atoms with E-state index in [1.54, 1.807) is 0 Å². The number of fused-ring (bicyclic) bond motifs is 6. The number of benzene rings is 10. The summed E-state index contributed by atoms with van der Waals surface area (Å²) < 4.78 is 4.60. The molecule has 0 spiro atoms. The van der Waals surface area contributed by atoms with E-state index in [1.165, 1.54) is 38.6 Å². The Morgan fingerprint density at radius 1 is 0.292 bits per heavy atom. The molecular formula is C67H49N5. The van der Waals surface area contributed by atoms with Gasteiger partial charge in [-0.2, -0.15) is 9.97 Å². The van der Waals surface area contributed by atoms with Gasteiger partial charge in [-0.05, 0) is 110 Å². The lowest BCUT2D eigenvalue weighted by atomic mass is 9.86. The second-order valence-corrected chi connectivity index (χ2v) is 19.7. The van der Waals surface area contributed by atoms with Crippen LogP contribution in [0.15, 0.2) is 243 Å². The molecule has 342 valence electrons. The van der Waals surface area contributed by atoms with E-state index in [2.05, 4.69) is 254 Å². The zero-order valence-electron chi connectivity index (χ0n) is 40.3. The van der Waals surface area contributed by atoms with Gasteiger partial charge < -0.3 is 4.57 Å². The molecule has 0 bridgehead atoms. The largest absolute Gasteiger partial charge is 0.309 e. The standard InChI is InChI=1S/C67H49N5/c1-67(2,3)53-37-40-61-58(43-53)54-23-13-15-25-59(54)71(61)60-26-16-14-24-55(60)65-68-64(50-21-11-6-12-22-50)69-66(70-65)72-62-38-35-51(48-31-27-46(28-32-48)44-17-7-4-8-18-44)41-56(62)57-42-52(36-39-63(57)72)49-33-29-47(30-34-49)45-19-9-5-10-20-45/h4-43H,1-3H3. The van der Waals surface area contributed by atoms with Crippen molar-refractivity contribution in [3.8, 4) is 78.9 Å². The molecular weight excluding hydrogens is 875 g/mol. The van der Waals surface area contributed by atoms with Crippen LogP contribution in [0.25, 0.3) is 123 Å². The third-order valence-corrected chi connectivity index (χ3v) is 14.2. The van der Waals surface area contributed by atoms with Crippen molar-refractivity contribution in [3.05, 3.63) is 248 Å². The second-order valence-electron chi connectivity index (χ2n) is 19.7. The number of rotatable bonds is 8. The molecule has 72 heavy (non-hydrogen) atoms. The topological polar surface area (TPSA) is 48.5 Å². The molecule has 5 nitrogen and oxygen atoms in total. The first kappa shape index (κ1) is 42.9. The van der Waals surface area contributed by atoms with Gasteiger partial charge in [-0.25, -0.2) is 4.98 Å². The zero-order chi connectivity index (χ0) is 48.3. The van der Waals surface area contributed by atoms with Crippen LogP contribution in [0.5, 0.6) is 0 Å². The highest BCUT2D eigenvalue weighted by Crippen LogP contribution is 2.41. The summed E-state index contributed by atoms with van der Waals surface area (Å²) >= 11 is 0. The normalized spacial score (nSPS) is 11.8. The van der Waals surface area contributed by atoms with Crippen molar-refractivity contribution in [1.82, 2.24) is 24.1 Å². The third-order valence-electron chi connectivity index (χ3n) is 14.2. The smallest absolute Gasteiger partial charge is 0.238 e. The lowest BCUT2D eigenvalue weighted by molar-refractivity contribution is 0.591. The van der Waals surface area contributed by atoms with Crippen LogP contribution in [0.4, 0.5) is 0 Å². The maximum Gasteiger partial charge on any atom is 0.238 e. The van der Waals surface area contributed by atoms with Gasteiger partial charge in [0.05, 0.1) is 27.8 Å². The number of para-hydroxylation sites is 2. The first-order valence-corrected chi connectivity index (χ1v) is 24.7. The van der Waals surface area contributed by atoms with Crippen molar-refractivity contribution >= 4 is 43.6 Å². The van der Waals surface area contributed by atoms with Crippen LogP contribution in [0.3, 0.4) is 0 Å². The monoisotopic (exact) mass is 923 g/mol. The molecule has 3 heterocycles. The lowest BCUT2D eigenvalue weighted by Gasteiger charge is -2.19. The molecule has 13 aromatic rings. The molecule has 0 radical (unpaired) electrons. The minimum Gasteiger partial charge on any atom is -0.309 e. The predicted octanol–water partition coefficient (Wildman–Crippen LogP) is 17.4. The van der Waals surface area contributed by atoms with E-state index in [-0.39, 0.29) is 5.41 Å². The first-order chi connectivity index (χ1) is 35.3. The van der Waals surface area contributed by atoms with Crippen molar-refractivity contribution < 1.29 is 0 Å². The summed E-state index contributed by atoms with van der Waals surface area (Å²) in [4.78, 5) is 16.2.